The molecular weight excluding hydrogens is 277 g/mol. The van der Waals surface area contributed by atoms with Crippen LogP contribution >= 0.6 is 23.2 Å². The lowest BCUT2D eigenvalue weighted by Crippen LogP contribution is -2.25. The fourth-order valence-electron chi connectivity index (χ4n) is 1.88. The molecule has 0 radical (unpaired) electrons. The highest BCUT2D eigenvalue weighted by Crippen LogP contribution is 2.26. The smallest absolute Gasteiger partial charge is 0.252 e. The molecule has 4 nitrogen and oxygen atoms in total. The molecule has 1 fully saturated rings. The normalized spacial score (nSPS) is 19.1. The molecule has 1 heterocycles. The summed E-state index contributed by atoms with van der Waals surface area (Å²) in [7, 11) is 0. The molecule has 0 saturated carbocycles. The van der Waals surface area contributed by atoms with Crippen molar-refractivity contribution >= 4 is 45.3 Å². The molecule has 1 aliphatic rings. The maximum Gasteiger partial charge on any atom is 0.252 e. The van der Waals surface area contributed by atoms with Crippen LogP contribution in [-0.4, -0.2) is 22.9 Å². The second-order valence-corrected chi connectivity index (χ2v) is 4.75. The van der Waals surface area contributed by atoms with Gasteiger partial charge in [0.25, 0.3) is 5.24 Å². The third-order valence-electron chi connectivity index (χ3n) is 2.85. The number of hydrogen-bond donors (Lipinski definition) is 0. The summed E-state index contributed by atoms with van der Waals surface area (Å²) in [5.74, 6) is -0.618. The fourth-order valence-corrected chi connectivity index (χ4v) is 2.15. The standard InChI is InChI=1S/C12H9Cl2NO3/c13-11(17)7-1-3-9(4-2-7)15-6-8(12(14)18)5-10(15)16/h1-4,8H,5-6H2/t8-/m0/s1. The molecule has 0 N–H and O–H groups in total. The van der Waals surface area contributed by atoms with Gasteiger partial charge in [0.15, 0.2) is 0 Å². The summed E-state index contributed by atoms with van der Waals surface area (Å²) in [5, 5.41) is -1.05. The number of carbonyl (C=O) groups excluding carboxylic acids is 3. The Bertz CT molecular complexity index is 513. The molecule has 1 atom stereocenters. The quantitative estimate of drug-likeness (QED) is 0.800. The Labute approximate surface area is 113 Å². The molecule has 1 aromatic rings. The van der Waals surface area contributed by atoms with Crippen LogP contribution in [0.25, 0.3) is 0 Å². The van der Waals surface area contributed by atoms with Crippen molar-refractivity contribution in [3.8, 4) is 0 Å². The fraction of sp³-hybridized carbons (Fsp3) is 0.250. The van der Waals surface area contributed by atoms with E-state index in [1.54, 1.807) is 12.1 Å². The lowest BCUT2D eigenvalue weighted by Gasteiger charge is -2.16. The third kappa shape index (κ3) is 2.54. The average Bonchev–Trinajstić information content (AvgIpc) is 2.71. The van der Waals surface area contributed by atoms with Crippen LogP contribution in [0.5, 0.6) is 0 Å². The molecule has 94 valence electrons. The second-order valence-electron chi connectivity index (χ2n) is 4.03. The molecular formula is C12H9Cl2NO3. The van der Waals surface area contributed by atoms with Gasteiger partial charge in [0.2, 0.25) is 11.1 Å². The summed E-state index contributed by atoms with van der Waals surface area (Å²) in [6.45, 7) is 0.273. The van der Waals surface area contributed by atoms with Gasteiger partial charge >= 0.3 is 0 Å². The highest BCUT2D eigenvalue weighted by molar-refractivity contribution is 6.67. The molecule has 1 amide bonds. The summed E-state index contributed by atoms with van der Waals surface area (Å²) in [6, 6.07) is 6.31. The highest BCUT2D eigenvalue weighted by Gasteiger charge is 2.34. The molecule has 6 heteroatoms. The van der Waals surface area contributed by atoms with E-state index in [0.29, 0.717) is 11.3 Å². The van der Waals surface area contributed by atoms with E-state index in [1.165, 1.54) is 17.0 Å². The average molecular weight is 286 g/mol. The van der Waals surface area contributed by atoms with Crippen LogP contribution in [0.4, 0.5) is 5.69 Å². The lowest BCUT2D eigenvalue weighted by molar-refractivity contribution is -0.120. The molecule has 2 rings (SSSR count). The zero-order chi connectivity index (χ0) is 13.3. The van der Waals surface area contributed by atoms with Crippen molar-refractivity contribution < 1.29 is 14.4 Å². The first-order chi connectivity index (χ1) is 8.49. The molecule has 0 spiro atoms. The summed E-state index contributed by atoms with van der Waals surface area (Å²) >= 11 is 10.7. The second kappa shape index (κ2) is 5.08. The van der Waals surface area contributed by atoms with Crippen molar-refractivity contribution in [1.82, 2.24) is 0 Å². The first-order valence-corrected chi connectivity index (χ1v) is 6.04. The number of rotatable bonds is 3. The maximum atomic E-state index is 11.7. The third-order valence-corrected chi connectivity index (χ3v) is 3.38. The molecule has 1 saturated heterocycles. The number of hydrogen-bond acceptors (Lipinski definition) is 3. The van der Waals surface area contributed by atoms with Crippen molar-refractivity contribution in [3.63, 3.8) is 0 Å². The molecule has 1 aliphatic heterocycles. The van der Waals surface area contributed by atoms with Crippen LogP contribution < -0.4 is 4.90 Å². The Morgan fingerprint density at radius 2 is 1.78 bits per heavy atom. The van der Waals surface area contributed by atoms with E-state index in [-0.39, 0.29) is 18.9 Å². The number of benzene rings is 1. The first-order valence-electron chi connectivity index (χ1n) is 5.28. The number of anilines is 1. The summed E-state index contributed by atoms with van der Waals surface area (Å²) in [4.78, 5) is 35.2. The number of halogens is 2. The SMILES string of the molecule is O=C(Cl)c1ccc(N2C[C@@H](C(=O)Cl)CC2=O)cc1. The minimum atomic E-state index is -0.553. The first kappa shape index (κ1) is 13.1. The zero-order valence-electron chi connectivity index (χ0n) is 9.23. The van der Waals surface area contributed by atoms with E-state index in [0.717, 1.165) is 0 Å². The predicted molar refractivity (Wildman–Crippen MR) is 67.9 cm³/mol. The Kier molecular flexibility index (Phi) is 3.68. The van der Waals surface area contributed by atoms with E-state index in [4.69, 9.17) is 23.2 Å². The Morgan fingerprint density at radius 3 is 2.22 bits per heavy atom. The van der Waals surface area contributed by atoms with E-state index in [1.807, 2.05) is 0 Å². The van der Waals surface area contributed by atoms with Gasteiger partial charge in [0, 0.05) is 24.2 Å². The van der Waals surface area contributed by atoms with Crippen molar-refractivity contribution in [2.75, 3.05) is 11.4 Å². The van der Waals surface area contributed by atoms with Gasteiger partial charge in [-0.2, -0.15) is 0 Å². The van der Waals surface area contributed by atoms with Crippen LogP contribution in [0.15, 0.2) is 24.3 Å². The summed E-state index contributed by atoms with van der Waals surface area (Å²) in [5.41, 5.74) is 0.985. The maximum absolute atomic E-state index is 11.7. The predicted octanol–water partition coefficient (Wildman–Crippen LogP) is 2.18. The van der Waals surface area contributed by atoms with Crippen LogP contribution in [0.2, 0.25) is 0 Å². The van der Waals surface area contributed by atoms with Crippen molar-refractivity contribution in [2.45, 2.75) is 6.42 Å². The molecule has 0 aliphatic carbocycles. The molecule has 0 bridgehead atoms. The van der Waals surface area contributed by atoms with E-state index in [2.05, 4.69) is 0 Å². The number of carbonyl (C=O) groups is 3. The van der Waals surface area contributed by atoms with Crippen LogP contribution in [0, 0.1) is 5.92 Å². The van der Waals surface area contributed by atoms with Gasteiger partial charge in [-0.1, -0.05) is 0 Å². The van der Waals surface area contributed by atoms with Gasteiger partial charge in [0.05, 0.1) is 5.92 Å². The lowest BCUT2D eigenvalue weighted by atomic mass is 10.1. The van der Waals surface area contributed by atoms with Gasteiger partial charge in [-0.3, -0.25) is 14.4 Å². The van der Waals surface area contributed by atoms with E-state index in [9.17, 15) is 14.4 Å². The topological polar surface area (TPSA) is 54.5 Å². The van der Waals surface area contributed by atoms with Gasteiger partial charge in [0.1, 0.15) is 0 Å². The van der Waals surface area contributed by atoms with Crippen LogP contribution in [-0.2, 0) is 9.59 Å². The minimum Gasteiger partial charge on any atom is -0.312 e. The van der Waals surface area contributed by atoms with Crippen LogP contribution in [0.1, 0.15) is 16.8 Å². The van der Waals surface area contributed by atoms with E-state index < -0.39 is 16.4 Å². The molecule has 18 heavy (non-hydrogen) atoms. The van der Waals surface area contributed by atoms with Gasteiger partial charge in [-0.15, -0.1) is 0 Å². The molecule has 0 aromatic heterocycles. The Morgan fingerprint density at radius 1 is 1.17 bits per heavy atom. The number of amides is 1. The Balaban J connectivity index is 2.19. The number of nitrogens with zero attached hydrogens (tertiary/aromatic N) is 1. The highest BCUT2D eigenvalue weighted by atomic mass is 35.5. The minimum absolute atomic E-state index is 0.124. The van der Waals surface area contributed by atoms with E-state index >= 15 is 0 Å². The van der Waals surface area contributed by atoms with Gasteiger partial charge in [-0.05, 0) is 47.5 Å². The zero-order valence-corrected chi connectivity index (χ0v) is 10.7. The monoisotopic (exact) mass is 285 g/mol. The Hall–Kier alpha value is -1.39. The summed E-state index contributed by atoms with van der Waals surface area (Å²) in [6.07, 6.45) is 0.124. The van der Waals surface area contributed by atoms with Crippen molar-refractivity contribution in [1.29, 1.82) is 0 Å². The molecule has 0 unspecified atom stereocenters. The molecule has 1 aromatic carbocycles. The van der Waals surface area contributed by atoms with Gasteiger partial charge in [-0.25, -0.2) is 0 Å². The summed E-state index contributed by atoms with van der Waals surface area (Å²) < 4.78 is 0. The van der Waals surface area contributed by atoms with Gasteiger partial charge < -0.3 is 4.90 Å². The van der Waals surface area contributed by atoms with Crippen molar-refractivity contribution in [2.24, 2.45) is 5.92 Å². The van der Waals surface area contributed by atoms with Crippen LogP contribution in [0.3, 0.4) is 0 Å². The van der Waals surface area contributed by atoms with Crippen molar-refractivity contribution in [3.05, 3.63) is 29.8 Å². The largest absolute Gasteiger partial charge is 0.312 e.